The van der Waals surface area contributed by atoms with Gasteiger partial charge in [0.15, 0.2) is 0 Å². The summed E-state index contributed by atoms with van der Waals surface area (Å²) in [6, 6.07) is 16.4. The zero-order valence-electron chi connectivity index (χ0n) is 14.8. The molecule has 0 bridgehead atoms. The second kappa shape index (κ2) is 9.02. The van der Waals surface area contributed by atoms with E-state index in [0.29, 0.717) is 36.9 Å². The molecule has 0 amide bonds. The summed E-state index contributed by atoms with van der Waals surface area (Å²) in [6.07, 6.45) is 0.896. The predicted octanol–water partition coefficient (Wildman–Crippen LogP) is 2.65. The fraction of sp³-hybridized carbons (Fsp3) is 0.263. The summed E-state index contributed by atoms with van der Waals surface area (Å²) in [4.78, 5) is 17.0. The number of nitrogens with two attached hydrogens (primary N) is 1. The number of aromatic nitrogens is 2. The number of benzene rings is 2. The lowest BCUT2D eigenvalue weighted by Gasteiger charge is -2.19. The Morgan fingerprint density at radius 1 is 1.11 bits per heavy atom. The Morgan fingerprint density at radius 3 is 2.67 bits per heavy atom. The molecule has 0 saturated carbocycles. The van der Waals surface area contributed by atoms with E-state index >= 15 is 0 Å². The van der Waals surface area contributed by atoms with Gasteiger partial charge in [-0.15, -0.1) is 0 Å². The largest absolute Gasteiger partial charge is 0.338 e. The van der Waals surface area contributed by atoms with Crippen molar-refractivity contribution in [2.75, 3.05) is 19.6 Å². The van der Waals surface area contributed by atoms with E-state index in [1.165, 1.54) is 17.7 Å². The molecule has 0 aliphatic rings. The highest BCUT2D eigenvalue weighted by Crippen LogP contribution is 2.21. The zero-order chi connectivity index (χ0) is 19.1. The molecule has 8 nitrogen and oxygen atoms in total. The van der Waals surface area contributed by atoms with Crippen molar-refractivity contribution in [2.24, 2.45) is 5.73 Å². The Morgan fingerprint density at radius 2 is 1.93 bits per heavy atom. The van der Waals surface area contributed by atoms with Crippen molar-refractivity contribution in [1.82, 2.24) is 15.0 Å². The van der Waals surface area contributed by atoms with Crippen molar-refractivity contribution in [3.63, 3.8) is 0 Å². The highest BCUT2D eigenvalue weighted by molar-refractivity contribution is 5.58. The predicted molar refractivity (Wildman–Crippen MR) is 101 cm³/mol. The summed E-state index contributed by atoms with van der Waals surface area (Å²) >= 11 is 0. The molecule has 8 heteroatoms. The van der Waals surface area contributed by atoms with Crippen LogP contribution in [0.5, 0.6) is 0 Å². The Labute approximate surface area is 156 Å². The number of hydrogen-bond acceptors (Lipinski definition) is 7. The second-order valence-corrected chi connectivity index (χ2v) is 6.12. The smallest absolute Gasteiger partial charge is 0.270 e. The monoisotopic (exact) mass is 367 g/mol. The first-order valence-electron chi connectivity index (χ1n) is 8.69. The molecule has 0 saturated heterocycles. The molecule has 0 unspecified atom stereocenters. The molecule has 0 radical (unpaired) electrons. The zero-order valence-corrected chi connectivity index (χ0v) is 14.8. The van der Waals surface area contributed by atoms with E-state index in [0.717, 1.165) is 13.0 Å². The molecule has 0 aliphatic carbocycles. The van der Waals surface area contributed by atoms with Gasteiger partial charge in [-0.05, 0) is 12.0 Å². The van der Waals surface area contributed by atoms with Gasteiger partial charge in [0, 0.05) is 37.3 Å². The van der Waals surface area contributed by atoms with E-state index in [9.17, 15) is 10.1 Å². The normalized spacial score (nSPS) is 11.0. The topological polar surface area (TPSA) is 111 Å². The fourth-order valence-electron chi connectivity index (χ4n) is 2.77. The maximum absolute atomic E-state index is 10.9. The molecule has 3 aromatic rings. The molecule has 2 aromatic carbocycles. The van der Waals surface area contributed by atoms with Crippen molar-refractivity contribution in [3.05, 3.63) is 76.2 Å². The minimum atomic E-state index is -0.447. The van der Waals surface area contributed by atoms with Crippen LogP contribution in [0.15, 0.2) is 59.1 Å². The number of nitro benzene ring substituents is 1. The molecule has 140 valence electrons. The van der Waals surface area contributed by atoms with Crippen LogP contribution in [0, 0.1) is 10.1 Å². The third kappa shape index (κ3) is 5.19. The van der Waals surface area contributed by atoms with Gasteiger partial charge < -0.3 is 10.3 Å². The molecule has 1 aromatic heterocycles. The molecule has 0 atom stereocenters. The first-order valence-corrected chi connectivity index (χ1v) is 8.69. The van der Waals surface area contributed by atoms with Crippen LogP contribution in [0.2, 0.25) is 0 Å². The maximum atomic E-state index is 10.9. The highest BCUT2D eigenvalue weighted by Gasteiger charge is 2.15. The lowest BCUT2D eigenvalue weighted by atomic mass is 10.1. The molecule has 1 heterocycles. The van der Waals surface area contributed by atoms with Crippen LogP contribution < -0.4 is 5.73 Å². The first-order chi connectivity index (χ1) is 13.2. The number of nitrogens with zero attached hydrogens (tertiary/aromatic N) is 4. The molecule has 0 aliphatic heterocycles. The van der Waals surface area contributed by atoms with Gasteiger partial charge in [0.05, 0.1) is 11.5 Å². The third-order valence-corrected chi connectivity index (χ3v) is 4.15. The summed E-state index contributed by atoms with van der Waals surface area (Å²) in [5.41, 5.74) is 7.52. The molecular weight excluding hydrogens is 346 g/mol. The number of rotatable bonds is 9. The Balaban J connectivity index is 1.67. The van der Waals surface area contributed by atoms with E-state index in [1.54, 1.807) is 12.1 Å². The quantitative estimate of drug-likeness (QED) is 0.457. The van der Waals surface area contributed by atoms with Crippen LogP contribution in [0.3, 0.4) is 0 Å². The molecule has 2 N–H and O–H groups in total. The highest BCUT2D eigenvalue weighted by atomic mass is 16.6. The van der Waals surface area contributed by atoms with Crippen LogP contribution in [0.4, 0.5) is 5.69 Å². The summed E-state index contributed by atoms with van der Waals surface area (Å²) in [5, 5.41) is 14.9. The van der Waals surface area contributed by atoms with Crippen molar-refractivity contribution in [3.8, 4) is 11.4 Å². The van der Waals surface area contributed by atoms with E-state index in [2.05, 4.69) is 27.2 Å². The van der Waals surface area contributed by atoms with Gasteiger partial charge in [0.2, 0.25) is 11.7 Å². The Kier molecular flexibility index (Phi) is 6.24. The summed E-state index contributed by atoms with van der Waals surface area (Å²) in [6.45, 7) is 2.53. The summed E-state index contributed by atoms with van der Waals surface area (Å²) in [5.74, 6) is 0.794. The molecule has 3 rings (SSSR count). The van der Waals surface area contributed by atoms with Crippen LogP contribution in [0.25, 0.3) is 11.4 Å². The Bertz CT molecular complexity index is 882. The van der Waals surface area contributed by atoms with Gasteiger partial charge in [-0.25, -0.2) is 0 Å². The van der Waals surface area contributed by atoms with Crippen LogP contribution in [0.1, 0.15) is 11.5 Å². The maximum Gasteiger partial charge on any atom is 0.270 e. The summed E-state index contributed by atoms with van der Waals surface area (Å²) in [7, 11) is 0. The van der Waals surface area contributed by atoms with Gasteiger partial charge in [-0.3, -0.25) is 15.0 Å². The van der Waals surface area contributed by atoms with E-state index in [-0.39, 0.29) is 5.69 Å². The first kappa shape index (κ1) is 18.7. The van der Waals surface area contributed by atoms with E-state index in [4.69, 9.17) is 10.3 Å². The molecule has 0 fully saturated rings. The van der Waals surface area contributed by atoms with E-state index in [1.807, 2.05) is 18.2 Å². The fourth-order valence-corrected chi connectivity index (χ4v) is 2.77. The molecule has 27 heavy (non-hydrogen) atoms. The average molecular weight is 367 g/mol. The average Bonchev–Trinajstić information content (AvgIpc) is 3.16. The van der Waals surface area contributed by atoms with Gasteiger partial charge in [-0.1, -0.05) is 47.6 Å². The summed E-state index contributed by atoms with van der Waals surface area (Å²) < 4.78 is 5.33. The van der Waals surface area contributed by atoms with Crippen LogP contribution in [-0.2, 0) is 13.0 Å². The van der Waals surface area contributed by atoms with Crippen molar-refractivity contribution < 1.29 is 9.45 Å². The minimum absolute atomic E-state index is 0.00790. The third-order valence-electron chi connectivity index (χ3n) is 4.15. The second-order valence-electron chi connectivity index (χ2n) is 6.12. The van der Waals surface area contributed by atoms with Crippen LogP contribution in [-0.4, -0.2) is 39.6 Å². The van der Waals surface area contributed by atoms with Crippen molar-refractivity contribution in [2.45, 2.75) is 13.0 Å². The van der Waals surface area contributed by atoms with Crippen molar-refractivity contribution in [1.29, 1.82) is 0 Å². The van der Waals surface area contributed by atoms with Gasteiger partial charge in [0.1, 0.15) is 0 Å². The lowest BCUT2D eigenvalue weighted by molar-refractivity contribution is -0.384. The lowest BCUT2D eigenvalue weighted by Crippen LogP contribution is -2.31. The van der Waals surface area contributed by atoms with Gasteiger partial charge >= 0.3 is 0 Å². The molecular formula is C19H21N5O3. The number of nitro groups is 1. The minimum Gasteiger partial charge on any atom is -0.338 e. The number of hydrogen-bond donors (Lipinski definition) is 1. The Hall–Kier alpha value is -3.10. The van der Waals surface area contributed by atoms with E-state index < -0.39 is 4.92 Å². The molecule has 0 spiro atoms. The standard InChI is InChI=1S/C19H21N5O3/c20-10-12-23(11-9-15-5-2-1-3-6-15)14-18-21-19(22-27-18)16-7-4-8-17(13-16)24(25)26/h1-8,13H,9-12,14,20H2. The van der Waals surface area contributed by atoms with Crippen molar-refractivity contribution >= 4 is 5.69 Å². The van der Waals surface area contributed by atoms with Gasteiger partial charge in [0.25, 0.3) is 5.69 Å². The number of non-ortho nitro benzene ring substituents is 1. The SMILES string of the molecule is NCCN(CCc1ccccc1)Cc1nc(-c2cccc([N+](=O)[O-])c2)no1. The van der Waals surface area contributed by atoms with Crippen LogP contribution >= 0.6 is 0 Å². The van der Waals surface area contributed by atoms with Gasteiger partial charge in [-0.2, -0.15) is 4.98 Å².